The molecular formula is C9H10Cl2N2. The van der Waals surface area contributed by atoms with Gasteiger partial charge in [0.15, 0.2) is 0 Å². The van der Waals surface area contributed by atoms with Gasteiger partial charge in [0.1, 0.15) is 0 Å². The standard InChI is InChI=1S/C9H9ClN2.ClH/c10-8-3-1-2-7(6-8)9(12)4-5-11;/h1-3,6,9H,4,12H2;1H/t9-;/m0./s1. The Balaban J connectivity index is 0.00000144. The maximum atomic E-state index is 8.40. The van der Waals surface area contributed by atoms with Gasteiger partial charge >= 0.3 is 0 Å². The van der Waals surface area contributed by atoms with Crippen LogP contribution in [0.2, 0.25) is 5.02 Å². The molecule has 13 heavy (non-hydrogen) atoms. The molecular weight excluding hydrogens is 207 g/mol. The van der Waals surface area contributed by atoms with Crippen LogP contribution in [0.3, 0.4) is 0 Å². The Morgan fingerprint density at radius 2 is 2.23 bits per heavy atom. The van der Waals surface area contributed by atoms with Crippen molar-refractivity contribution in [3.05, 3.63) is 34.9 Å². The highest BCUT2D eigenvalue weighted by atomic mass is 35.5. The van der Waals surface area contributed by atoms with Crippen LogP contribution in [-0.2, 0) is 0 Å². The van der Waals surface area contributed by atoms with Crippen molar-refractivity contribution in [2.75, 3.05) is 0 Å². The number of halogens is 2. The van der Waals surface area contributed by atoms with Gasteiger partial charge in [-0.05, 0) is 17.7 Å². The molecule has 0 saturated carbocycles. The van der Waals surface area contributed by atoms with E-state index in [-0.39, 0.29) is 18.4 Å². The molecule has 4 heteroatoms. The Bertz CT molecular complexity index is 307. The van der Waals surface area contributed by atoms with Crippen molar-refractivity contribution in [1.29, 1.82) is 5.26 Å². The first-order valence-electron chi connectivity index (χ1n) is 3.62. The third-order valence-electron chi connectivity index (χ3n) is 1.59. The molecule has 1 aromatic rings. The number of nitrogens with zero attached hydrogens (tertiary/aromatic N) is 1. The molecule has 0 heterocycles. The van der Waals surface area contributed by atoms with Crippen LogP contribution in [0, 0.1) is 11.3 Å². The number of nitrogens with two attached hydrogens (primary N) is 1. The number of hydrogen-bond acceptors (Lipinski definition) is 2. The lowest BCUT2D eigenvalue weighted by Gasteiger charge is -2.06. The van der Waals surface area contributed by atoms with Crippen LogP contribution < -0.4 is 5.73 Å². The Kier molecular flexibility index (Phi) is 5.48. The molecule has 1 rings (SSSR count). The summed E-state index contributed by atoms with van der Waals surface area (Å²) in [5.41, 5.74) is 6.60. The van der Waals surface area contributed by atoms with Crippen LogP contribution in [-0.4, -0.2) is 0 Å². The highest BCUT2D eigenvalue weighted by molar-refractivity contribution is 6.30. The van der Waals surface area contributed by atoms with Gasteiger partial charge in [-0.1, -0.05) is 23.7 Å². The number of rotatable bonds is 2. The fraction of sp³-hybridized carbons (Fsp3) is 0.222. The van der Waals surface area contributed by atoms with Gasteiger partial charge in [-0.15, -0.1) is 12.4 Å². The van der Waals surface area contributed by atoms with E-state index in [1.807, 2.05) is 18.2 Å². The number of nitriles is 1. The summed E-state index contributed by atoms with van der Waals surface area (Å²) in [6.07, 6.45) is 0.320. The van der Waals surface area contributed by atoms with Crippen LogP contribution >= 0.6 is 24.0 Å². The first-order valence-corrected chi connectivity index (χ1v) is 4.00. The summed E-state index contributed by atoms with van der Waals surface area (Å²) in [5.74, 6) is 0. The second kappa shape index (κ2) is 5.82. The summed E-state index contributed by atoms with van der Waals surface area (Å²) in [6.45, 7) is 0. The quantitative estimate of drug-likeness (QED) is 0.827. The first-order chi connectivity index (χ1) is 5.74. The van der Waals surface area contributed by atoms with Crippen molar-refractivity contribution in [2.45, 2.75) is 12.5 Å². The van der Waals surface area contributed by atoms with Gasteiger partial charge in [-0.3, -0.25) is 0 Å². The zero-order valence-electron chi connectivity index (χ0n) is 6.90. The fourth-order valence-electron chi connectivity index (χ4n) is 0.953. The van der Waals surface area contributed by atoms with Crippen LogP contribution in [0.1, 0.15) is 18.0 Å². The average Bonchev–Trinajstić information content (AvgIpc) is 2.05. The molecule has 1 atom stereocenters. The summed E-state index contributed by atoms with van der Waals surface area (Å²) >= 11 is 5.75. The van der Waals surface area contributed by atoms with E-state index in [1.54, 1.807) is 12.1 Å². The van der Waals surface area contributed by atoms with E-state index in [1.165, 1.54) is 0 Å². The predicted octanol–water partition coefficient (Wildman–Crippen LogP) is 2.68. The molecule has 0 unspecified atom stereocenters. The predicted molar refractivity (Wildman–Crippen MR) is 55.9 cm³/mol. The van der Waals surface area contributed by atoms with Gasteiger partial charge in [0.25, 0.3) is 0 Å². The van der Waals surface area contributed by atoms with Crippen molar-refractivity contribution < 1.29 is 0 Å². The van der Waals surface area contributed by atoms with E-state index in [0.29, 0.717) is 11.4 Å². The molecule has 0 aliphatic rings. The van der Waals surface area contributed by atoms with Crippen LogP contribution in [0.4, 0.5) is 0 Å². The Labute approximate surface area is 88.7 Å². The normalized spacial score (nSPS) is 11.2. The van der Waals surface area contributed by atoms with E-state index >= 15 is 0 Å². The van der Waals surface area contributed by atoms with Crippen molar-refractivity contribution in [3.63, 3.8) is 0 Å². The molecule has 0 bridgehead atoms. The smallest absolute Gasteiger partial charge is 0.0641 e. The minimum Gasteiger partial charge on any atom is -0.323 e. The van der Waals surface area contributed by atoms with E-state index < -0.39 is 0 Å². The lowest BCUT2D eigenvalue weighted by molar-refractivity contribution is 0.748. The third kappa shape index (κ3) is 3.65. The third-order valence-corrected chi connectivity index (χ3v) is 1.82. The van der Waals surface area contributed by atoms with Crippen molar-refractivity contribution in [3.8, 4) is 6.07 Å². The molecule has 2 nitrogen and oxygen atoms in total. The highest BCUT2D eigenvalue weighted by Crippen LogP contribution is 2.17. The lowest BCUT2D eigenvalue weighted by atomic mass is 10.1. The minimum absolute atomic E-state index is 0. The maximum absolute atomic E-state index is 8.40. The molecule has 70 valence electrons. The Morgan fingerprint density at radius 1 is 1.54 bits per heavy atom. The molecule has 0 amide bonds. The zero-order valence-corrected chi connectivity index (χ0v) is 8.48. The summed E-state index contributed by atoms with van der Waals surface area (Å²) in [5, 5.41) is 9.06. The number of hydrogen-bond donors (Lipinski definition) is 1. The van der Waals surface area contributed by atoms with E-state index in [9.17, 15) is 0 Å². The second-order valence-electron chi connectivity index (χ2n) is 2.52. The van der Waals surface area contributed by atoms with Gasteiger partial charge in [0.05, 0.1) is 12.5 Å². The van der Waals surface area contributed by atoms with E-state index in [0.717, 1.165) is 5.56 Å². The van der Waals surface area contributed by atoms with Gasteiger partial charge in [-0.25, -0.2) is 0 Å². The largest absolute Gasteiger partial charge is 0.323 e. The number of benzene rings is 1. The molecule has 0 aromatic heterocycles. The molecule has 0 radical (unpaired) electrons. The van der Waals surface area contributed by atoms with E-state index in [4.69, 9.17) is 22.6 Å². The monoisotopic (exact) mass is 216 g/mol. The van der Waals surface area contributed by atoms with Crippen molar-refractivity contribution in [1.82, 2.24) is 0 Å². The second-order valence-corrected chi connectivity index (χ2v) is 2.96. The van der Waals surface area contributed by atoms with Crippen LogP contribution in [0.15, 0.2) is 24.3 Å². The minimum atomic E-state index is -0.228. The van der Waals surface area contributed by atoms with Gasteiger partial charge in [0, 0.05) is 11.1 Å². The summed E-state index contributed by atoms with van der Waals surface area (Å²) in [7, 11) is 0. The lowest BCUT2D eigenvalue weighted by Crippen LogP contribution is -2.08. The molecule has 2 N–H and O–H groups in total. The molecule has 0 saturated heterocycles. The zero-order chi connectivity index (χ0) is 8.97. The summed E-state index contributed by atoms with van der Waals surface area (Å²) in [6, 6.07) is 9.05. The topological polar surface area (TPSA) is 49.8 Å². The summed E-state index contributed by atoms with van der Waals surface area (Å²) < 4.78 is 0. The fourth-order valence-corrected chi connectivity index (χ4v) is 1.15. The first kappa shape index (κ1) is 12.2. The Hall–Kier alpha value is -0.750. The average molecular weight is 217 g/mol. The molecule has 1 aromatic carbocycles. The van der Waals surface area contributed by atoms with Crippen LogP contribution in [0.25, 0.3) is 0 Å². The van der Waals surface area contributed by atoms with Crippen LogP contribution in [0.5, 0.6) is 0 Å². The molecule has 0 aliphatic carbocycles. The molecule has 0 spiro atoms. The molecule has 0 fully saturated rings. The SMILES string of the molecule is Cl.N#CC[C@H](N)c1cccc(Cl)c1. The summed E-state index contributed by atoms with van der Waals surface area (Å²) in [4.78, 5) is 0. The van der Waals surface area contributed by atoms with Gasteiger partial charge in [0.2, 0.25) is 0 Å². The van der Waals surface area contributed by atoms with Crippen molar-refractivity contribution in [2.24, 2.45) is 5.73 Å². The highest BCUT2D eigenvalue weighted by Gasteiger charge is 2.04. The van der Waals surface area contributed by atoms with E-state index in [2.05, 4.69) is 0 Å². The van der Waals surface area contributed by atoms with Gasteiger partial charge < -0.3 is 5.73 Å². The van der Waals surface area contributed by atoms with Gasteiger partial charge in [-0.2, -0.15) is 5.26 Å². The maximum Gasteiger partial charge on any atom is 0.0641 e. The molecule has 0 aliphatic heterocycles. The Morgan fingerprint density at radius 3 is 2.77 bits per heavy atom. The van der Waals surface area contributed by atoms with Crippen molar-refractivity contribution >= 4 is 24.0 Å².